The van der Waals surface area contributed by atoms with E-state index in [0.29, 0.717) is 5.92 Å². The second-order valence-electron chi connectivity index (χ2n) is 9.01. The smallest absolute Gasteiger partial charge is 0.223 e. The van der Waals surface area contributed by atoms with Crippen molar-refractivity contribution in [2.75, 3.05) is 20.2 Å². The molecule has 4 nitrogen and oxygen atoms in total. The highest BCUT2D eigenvalue weighted by Crippen LogP contribution is 2.32. The van der Waals surface area contributed by atoms with Gasteiger partial charge in [0.15, 0.2) is 0 Å². The quantitative estimate of drug-likeness (QED) is 0.583. The Hall–Kier alpha value is -2.04. The number of carbonyl (C=O) groups is 1. The van der Waals surface area contributed by atoms with Gasteiger partial charge in [0.05, 0.1) is 13.2 Å². The van der Waals surface area contributed by atoms with Crippen LogP contribution < -0.4 is 10.1 Å². The second kappa shape index (κ2) is 10.5. The summed E-state index contributed by atoms with van der Waals surface area (Å²) in [4.78, 5) is 15.4. The summed E-state index contributed by atoms with van der Waals surface area (Å²) < 4.78 is 5.56. The van der Waals surface area contributed by atoms with E-state index in [1.165, 1.54) is 11.1 Å². The van der Waals surface area contributed by atoms with Crippen molar-refractivity contribution in [2.45, 2.75) is 59.0 Å². The maximum Gasteiger partial charge on any atom is 0.223 e. The molecule has 1 aliphatic heterocycles. The molecule has 1 fully saturated rings. The standard InChI is InChI=1S/C26H35ClN2O2/c1-17(2)23-15-24(18(3)14-25(23)31-5)19(4)28-26(30)21-10-12-29(13-11-21)16-20-6-8-22(27)9-7-20/h6-9,14-15,17,19,21H,10-13,16H2,1-5H3,(H,28,30)/t19-/m0/s1. The summed E-state index contributed by atoms with van der Waals surface area (Å²) in [5, 5.41) is 4.03. The largest absolute Gasteiger partial charge is 0.496 e. The number of likely N-dealkylation sites (tertiary alicyclic amines) is 1. The average Bonchev–Trinajstić information content (AvgIpc) is 2.75. The minimum atomic E-state index is -0.0250. The van der Waals surface area contributed by atoms with Gasteiger partial charge in [-0.1, -0.05) is 37.6 Å². The average molecular weight is 443 g/mol. The predicted molar refractivity (Wildman–Crippen MR) is 128 cm³/mol. The van der Waals surface area contributed by atoms with Gasteiger partial charge in [-0.2, -0.15) is 0 Å². The molecule has 168 valence electrons. The summed E-state index contributed by atoms with van der Waals surface area (Å²) in [6.45, 7) is 11.3. The molecule has 0 bridgehead atoms. The van der Waals surface area contributed by atoms with Gasteiger partial charge in [-0.25, -0.2) is 0 Å². The van der Waals surface area contributed by atoms with Crippen LogP contribution in [0.5, 0.6) is 5.75 Å². The Balaban J connectivity index is 1.57. The van der Waals surface area contributed by atoms with E-state index in [1.54, 1.807) is 7.11 Å². The summed E-state index contributed by atoms with van der Waals surface area (Å²) in [6.07, 6.45) is 1.79. The van der Waals surface area contributed by atoms with Crippen molar-refractivity contribution in [1.82, 2.24) is 10.2 Å². The molecule has 0 aliphatic carbocycles. The van der Waals surface area contributed by atoms with E-state index in [2.05, 4.69) is 62.2 Å². The van der Waals surface area contributed by atoms with Gasteiger partial charge in [-0.3, -0.25) is 9.69 Å². The van der Waals surface area contributed by atoms with Gasteiger partial charge in [0, 0.05) is 17.5 Å². The lowest BCUT2D eigenvalue weighted by Gasteiger charge is -2.32. The SMILES string of the molecule is COc1cc(C)c([C@H](C)NC(=O)C2CCN(Cc3ccc(Cl)cc3)CC2)cc1C(C)C. The minimum Gasteiger partial charge on any atom is -0.496 e. The lowest BCUT2D eigenvalue weighted by Crippen LogP contribution is -2.41. The Morgan fingerprint density at radius 1 is 1.13 bits per heavy atom. The number of amides is 1. The molecule has 2 aromatic rings. The van der Waals surface area contributed by atoms with E-state index in [-0.39, 0.29) is 17.9 Å². The van der Waals surface area contributed by atoms with Gasteiger partial charge in [0.2, 0.25) is 5.91 Å². The molecule has 2 aromatic carbocycles. The highest BCUT2D eigenvalue weighted by Gasteiger charge is 2.26. The first-order valence-corrected chi connectivity index (χ1v) is 11.6. The monoisotopic (exact) mass is 442 g/mol. The molecule has 0 spiro atoms. The van der Waals surface area contributed by atoms with E-state index < -0.39 is 0 Å². The number of benzene rings is 2. The number of ether oxygens (including phenoxy) is 1. The van der Waals surface area contributed by atoms with Gasteiger partial charge < -0.3 is 10.1 Å². The summed E-state index contributed by atoms with van der Waals surface area (Å²) in [5.41, 5.74) is 4.75. The van der Waals surface area contributed by atoms with Gasteiger partial charge in [0.25, 0.3) is 0 Å². The Kier molecular flexibility index (Phi) is 8.01. The molecule has 0 unspecified atom stereocenters. The topological polar surface area (TPSA) is 41.6 Å². The third-order valence-electron chi connectivity index (χ3n) is 6.34. The molecule has 3 rings (SSSR count). The van der Waals surface area contributed by atoms with Crippen molar-refractivity contribution in [3.63, 3.8) is 0 Å². The molecule has 0 saturated carbocycles. The Morgan fingerprint density at radius 3 is 2.35 bits per heavy atom. The van der Waals surface area contributed by atoms with Crippen molar-refractivity contribution in [3.8, 4) is 5.75 Å². The van der Waals surface area contributed by atoms with Crippen LogP contribution in [-0.4, -0.2) is 31.0 Å². The van der Waals surface area contributed by atoms with Crippen LogP contribution >= 0.6 is 11.6 Å². The summed E-state index contributed by atoms with van der Waals surface area (Å²) in [5.74, 6) is 1.53. The van der Waals surface area contributed by atoms with Crippen molar-refractivity contribution in [1.29, 1.82) is 0 Å². The van der Waals surface area contributed by atoms with Crippen LogP contribution in [0.25, 0.3) is 0 Å². The fourth-order valence-electron chi connectivity index (χ4n) is 4.42. The Labute approximate surface area is 191 Å². The van der Waals surface area contributed by atoms with Crippen LogP contribution in [0.2, 0.25) is 5.02 Å². The first kappa shape index (κ1) is 23.6. The van der Waals surface area contributed by atoms with E-state index in [1.807, 2.05) is 12.1 Å². The summed E-state index contributed by atoms with van der Waals surface area (Å²) in [6, 6.07) is 12.3. The van der Waals surface area contributed by atoms with E-state index in [9.17, 15) is 4.79 Å². The van der Waals surface area contributed by atoms with Crippen LogP contribution in [0.15, 0.2) is 36.4 Å². The zero-order valence-electron chi connectivity index (χ0n) is 19.4. The van der Waals surface area contributed by atoms with E-state index in [0.717, 1.165) is 54.4 Å². The normalized spacial score (nSPS) is 16.4. The molecule has 1 N–H and O–H groups in total. The molecule has 1 heterocycles. The molecule has 1 amide bonds. The number of hydrogen-bond donors (Lipinski definition) is 1. The van der Waals surface area contributed by atoms with Crippen LogP contribution in [0.1, 0.15) is 67.8 Å². The highest BCUT2D eigenvalue weighted by atomic mass is 35.5. The fraction of sp³-hybridized carbons (Fsp3) is 0.500. The Bertz CT molecular complexity index is 887. The van der Waals surface area contributed by atoms with E-state index >= 15 is 0 Å². The lowest BCUT2D eigenvalue weighted by molar-refractivity contribution is -0.127. The predicted octanol–water partition coefficient (Wildman–Crippen LogP) is 5.87. The first-order valence-electron chi connectivity index (χ1n) is 11.2. The maximum atomic E-state index is 13.0. The van der Waals surface area contributed by atoms with Crippen LogP contribution in [0, 0.1) is 12.8 Å². The van der Waals surface area contributed by atoms with Gasteiger partial charge in [-0.05, 0) is 92.2 Å². The zero-order valence-corrected chi connectivity index (χ0v) is 20.1. The molecular weight excluding hydrogens is 408 g/mol. The van der Waals surface area contributed by atoms with Crippen molar-refractivity contribution in [3.05, 3.63) is 63.7 Å². The molecular formula is C26H35ClN2O2. The van der Waals surface area contributed by atoms with Crippen LogP contribution in [0.4, 0.5) is 0 Å². The molecule has 5 heteroatoms. The molecule has 1 saturated heterocycles. The third kappa shape index (κ3) is 6.02. The zero-order chi connectivity index (χ0) is 22.5. The second-order valence-corrected chi connectivity index (χ2v) is 9.45. The number of aryl methyl sites for hydroxylation is 1. The number of nitrogens with zero attached hydrogens (tertiary/aromatic N) is 1. The molecule has 1 aliphatic rings. The van der Waals surface area contributed by atoms with Crippen LogP contribution in [-0.2, 0) is 11.3 Å². The van der Waals surface area contributed by atoms with E-state index in [4.69, 9.17) is 16.3 Å². The minimum absolute atomic E-state index is 0.0250. The number of carbonyl (C=O) groups excluding carboxylic acids is 1. The number of hydrogen-bond acceptors (Lipinski definition) is 3. The van der Waals surface area contributed by atoms with Crippen molar-refractivity contribution < 1.29 is 9.53 Å². The molecule has 31 heavy (non-hydrogen) atoms. The van der Waals surface area contributed by atoms with Gasteiger partial charge in [-0.15, -0.1) is 0 Å². The molecule has 1 atom stereocenters. The lowest BCUT2D eigenvalue weighted by atomic mass is 9.92. The first-order chi connectivity index (χ1) is 14.8. The van der Waals surface area contributed by atoms with Gasteiger partial charge >= 0.3 is 0 Å². The highest BCUT2D eigenvalue weighted by molar-refractivity contribution is 6.30. The van der Waals surface area contributed by atoms with Gasteiger partial charge in [0.1, 0.15) is 5.75 Å². The number of piperidine rings is 1. The summed E-state index contributed by atoms with van der Waals surface area (Å²) in [7, 11) is 1.71. The Morgan fingerprint density at radius 2 is 1.77 bits per heavy atom. The van der Waals surface area contributed by atoms with Crippen molar-refractivity contribution >= 4 is 17.5 Å². The number of rotatable bonds is 7. The molecule has 0 aromatic heterocycles. The fourth-order valence-corrected chi connectivity index (χ4v) is 4.55. The number of nitrogens with one attached hydrogen (secondary N) is 1. The van der Waals surface area contributed by atoms with Crippen LogP contribution in [0.3, 0.4) is 0 Å². The number of halogens is 1. The van der Waals surface area contributed by atoms with Crippen molar-refractivity contribution in [2.24, 2.45) is 5.92 Å². The third-order valence-corrected chi connectivity index (χ3v) is 6.60. The molecule has 0 radical (unpaired) electrons. The summed E-state index contributed by atoms with van der Waals surface area (Å²) >= 11 is 5.98. The maximum absolute atomic E-state index is 13.0. The number of methoxy groups -OCH3 is 1.